The SMILES string of the molecule is CC(C)(C)[O-].CC(C)(C)[Si](OCC1COCCC1(C#N)c1ccccc1F)(c1ccccc1)c1ccccc1.[K+]. The van der Waals surface area contributed by atoms with Crippen molar-refractivity contribution in [1.29, 1.82) is 5.26 Å². The standard InChI is InChI=1S/C29H32FNO2Si.C4H9O.K/c1-28(2,3)34(24-12-6-4-7-13-24,25-14-8-5-9-15-25)33-21-23-20-32-19-18-29(23,22-31)26-16-10-11-17-27(26)30;1-4(2,3)5;/h4-17,23H,18-21H2,1-3H3;1-3H3;/q;-1;+1. The molecule has 1 fully saturated rings. The topological polar surface area (TPSA) is 65.3 Å². The van der Waals surface area contributed by atoms with Gasteiger partial charge in [0.15, 0.2) is 0 Å². The molecule has 3 aromatic carbocycles. The van der Waals surface area contributed by atoms with Gasteiger partial charge in [0.05, 0.1) is 18.1 Å². The summed E-state index contributed by atoms with van der Waals surface area (Å²) in [6.45, 7) is 12.7. The molecule has 0 amide bonds. The number of nitrogens with zero attached hydrogens (tertiary/aromatic N) is 1. The average molecular weight is 586 g/mol. The van der Waals surface area contributed by atoms with Crippen LogP contribution in [-0.4, -0.2) is 33.7 Å². The summed E-state index contributed by atoms with van der Waals surface area (Å²) in [5.41, 5.74) is -1.30. The van der Waals surface area contributed by atoms with Crippen molar-refractivity contribution in [2.75, 3.05) is 19.8 Å². The van der Waals surface area contributed by atoms with E-state index in [1.807, 2.05) is 12.1 Å². The molecule has 2 unspecified atom stereocenters. The smallest absolute Gasteiger partial charge is 0.850 e. The normalized spacial score (nSPS) is 19.4. The zero-order valence-electron chi connectivity index (χ0n) is 25.0. The molecule has 3 aromatic rings. The molecule has 0 spiro atoms. The molecule has 0 bridgehead atoms. The predicted molar refractivity (Wildman–Crippen MR) is 156 cm³/mol. The van der Waals surface area contributed by atoms with Crippen LogP contribution in [0, 0.1) is 23.1 Å². The largest absolute Gasteiger partial charge is 1.00 e. The first kappa shape index (κ1) is 35.0. The van der Waals surface area contributed by atoms with Crippen molar-refractivity contribution in [2.24, 2.45) is 5.92 Å². The van der Waals surface area contributed by atoms with Crippen LogP contribution in [0.5, 0.6) is 0 Å². The van der Waals surface area contributed by atoms with Crippen LogP contribution < -0.4 is 66.9 Å². The van der Waals surface area contributed by atoms with Crippen molar-refractivity contribution in [3.8, 4) is 6.07 Å². The van der Waals surface area contributed by atoms with Gasteiger partial charge in [-0.3, -0.25) is 0 Å². The fraction of sp³-hybridized carbons (Fsp3) is 0.424. The number of hydrogen-bond donors (Lipinski definition) is 0. The Morgan fingerprint density at radius 2 is 1.40 bits per heavy atom. The van der Waals surface area contributed by atoms with Crippen molar-refractivity contribution >= 4 is 18.7 Å². The molecule has 0 radical (unpaired) electrons. The number of nitriles is 1. The minimum absolute atomic E-state index is 0. The van der Waals surface area contributed by atoms with Gasteiger partial charge in [0.2, 0.25) is 0 Å². The average Bonchev–Trinajstić information content (AvgIpc) is 2.89. The monoisotopic (exact) mass is 585 g/mol. The molecule has 4 nitrogen and oxygen atoms in total. The Kier molecular flexibility index (Phi) is 13.0. The molecule has 4 rings (SSSR count). The van der Waals surface area contributed by atoms with Crippen molar-refractivity contribution in [1.82, 2.24) is 0 Å². The van der Waals surface area contributed by atoms with Gasteiger partial charge in [-0.15, -0.1) is 5.60 Å². The van der Waals surface area contributed by atoms with Crippen molar-refractivity contribution in [3.05, 3.63) is 96.3 Å². The second kappa shape index (κ2) is 14.8. The van der Waals surface area contributed by atoms with Crippen LogP contribution in [0.1, 0.15) is 53.5 Å². The Morgan fingerprint density at radius 3 is 1.85 bits per heavy atom. The summed E-state index contributed by atoms with van der Waals surface area (Å²) in [5.74, 6) is -0.633. The minimum atomic E-state index is -2.78. The van der Waals surface area contributed by atoms with Gasteiger partial charge in [0, 0.05) is 24.7 Å². The minimum Gasteiger partial charge on any atom is -0.850 e. The molecular weight excluding hydrogens is 545 g/mol. The molecule has 1 aliphatic heterocycles. The number of ether oxygens (including phenoxy) is 1. The summed E-state index contributed by atoms with van der Waals surface area (Å²) in [5, 5.41) is 22.7. The van der Waals surface area contributed by atoms with Gasteiger partial charge >= 0.3 is 51.4 Å². The number of rotatable bonds is 6. The van der Waals surface area contributed by atoms with Crippen LogP contribution >= 0.6 is 0 Å². The molecule has 0 aromatic heterocycles. The van der Waals surface area contributed by atoms with Gasteiger partial charge < -0.3 is 14.3 Å². The molecule has 1 heterocycles. The van der Waals surface area contributed by atoms with Crippen LogP contribution in [-0.2, 0) is 14.6 Å². The van der Waals surface area contributed by atoms with Gasteiger partial charge in [-0.05, 0) is 27.9 Å². The number of hydrogen-bond acceptors (Lipinski definition) is 4. The Balaban J connectivity index is 0.000000858. The van der Waals surface area contributed by atoms with E-state index in [4.69, 9.17) is 9.16 Å². The summed E-state index contributed by atoms with van der Waals surface area (Å²) in [6, 6.07) is 30.0. The third-order valence-corrected chi connectivity index (χ3v) is 12.1. The van der Waals surface area contributed by atoms with E-state index in [1.165, 1.54) is 16.4 Å². The molecule has 0 saturated carbocycles. The summed E-state index contributed by atoms with van der Waals surface area (Å²) >= 11 is 0. The Bertz CT molecular complexity index is 1190. The quantitative estimate of drug-likeness (QED) is 0.417. The van der Waals surface area contributed by atoms with Gasteiger partial charge in [0.25, 0.3) is 8.32 Å². The fourth-order valence-electron chi connectivity index (χ4n) is 5.37. The molecule has 1 saturated heterocycles. The first-order chi connectivity index (χ1) is 18.3. The van der Waals surface area contributed by atoms with E-state index >= 15 is 0 Å². The van der Waals surface area contributed by atoms with Crippen LogP contribution in [0.4, 0.5) is 4.39 Å². The van der Waals surface area contributed by atoms with E-state index in [0.717, 1.165) is 0 Å². The van der Waals surface area contributed by atoms with Gasteiger partial charge in [-0.1, -0.05) is 120 Å². The molecule has 2 atom stereocenters. The first-order valence-electron chi connectivity index (χ1n) is 13.5. The second-order valence-corrected chi connectivity index (χ2v) is 16.5. The Morgan fingerprint density at radius 1 is 0.925 bits per heavy atom. The van der Waals surface area contributed by atoms with Gasteiger partial charge in [0.1, 0.15) is 5.82 Å². The maximum atomic E-state index is 14.9. The van der Waals surface area contributed by atoms with E-state index in [1.54, 1.807) is 39.0 Å². The van der Waals surface area contributed by atoms with Crippen LogP contribution in [0.15, 0.2) is 84.9 Å². The Hall–Kier alpha value is -1.19. The van der Waals surface area contributed by atoms with Gasteiger partial charge in [-0.2, -0.15) is 5.26 Å². The summed E-state index contributed by atoms with van der Waals surface area (Å²) in [7, 11) is -2.78. The van der Waals surface area contributed by atoms with E-state index in [9.17, 15) is 14.8 Å². The van der Waals surface area contributed by atoms with Crippen LogP contribution in [0.2, 0.25) is 5.04 Å². The molecule has 40 heavy (non-hydrogen) atoms. The fourth-order valence-corrected chi connectivity index (χ4v) is 9.97. The summed E-state index contributed by atoms with van der Waals surface area (Å²) < 4.78 is 27.9. The summed E-state index contributed by atoms with van der Waals surface area (Å²) in [4.78, 5) is 0. The maximum absolute atomic E-state index is 14.9. The molecule has 7 heteroatoms. The zero-order chi connectivity index (χ0) is 28.7. The van der Waals surface area contributed by atoms with Gasteiger partial charge in [-0.25, -0.2) is 4.39 Å². The predicted octanol–water partition coefficient (Wildman–Crippen LogP) is 2.35. The maximum Gasteiger partial charge on any atom is 1.00 e. The van der Waals surface area contributed by atoms with E-state index in [2.05, 4.69) is 75.4 Å². The van der Waals surface area contributed by atoms with E-state index < -0.39 is 19.3 Å². The zero-order valence-corrected chi connectivity index (χ0v) is 29.2. The van der Waals surface area contributed by atoms with Crippen LogP contribution in [0.3, 0.4) is 0 Å². The van der Waals surface area contributed by atoms with Crippen molar-refractivity contribution in [3.63, 3.8) is 0 Å². The van der Waals surface area contributed by atoms with Crippen LogP contribution in [0.25, 0.3) is 0 Å². The third kappa shape index (κ3) is 8.21. The Labute approximate surface area is 283 Å². The molecule has 1 aliphatic rings. The molecule has 0 N–H and O–H groups in total. The third-order valence-electron chi connectivity index (χ3n) is 7.13. The number of halogens is 1. The number of benzene rings is 3. The van der Waals surface area contributed by atoms with E-state index in [-0.39, 0.29) is 68.2 Å². The van der Waals surface area contributed by atoms with Crippen molar-refractivity contribution in [2.45, 2.75) is 64.0 Å². The van der Waals surface area contributed by atoms with E-state index in [0.29, 0.717) is 31.8 Å². The molecule has 0 aliphatic carbocycles. The summed E-state index contributed by atoms with van der Waals surface area (Å²) in [6.07, 6.45) is 0.444. The molecular formula is C33H41FKNO3Si. The van der Waals surface area contributed by atoms with Crippen molar-refractivity contribution < 1.29 is 70.0 Å². The second-order valence-electron chi connectivity index (χ2n) is 12.2. The molecule has 208 valence electrons. The first-order valence-corrected chi connectivity index (χ1v) is 15.5.